The first-order chi connectivity index (χ1) is 12.2. The number of carbonyl (C=O) groups excluding carboxylic acids is 1. The molecule has 126 valence electrons. The van der Waals surface area contributed by atoms with E-state index >= 15 is 0 Å². The predicted octanol–water partition coefficient (Wildman–Crippen LogP) is 3.27. The number of anilines is 1. The van der Waals surface area contributed by atoms with E-state index in [1.807, 2.05) is 60.9 Å². The summed E-state index contributed by atoms with van der Waals surface area (Å²) in [5, 5.41) is 7.10. The smallest absolute Gasteiger partial charge is 0.267 e. The number of nitrogens with zero attached hydrogens (tertiary/aromatic N) is 2. The third-order valence-electron chi connectivity index (χ3n) is 3.58. The van der Waals surface area contributed by atoms with E-state index in [0.29, 0.717) is 11.4 Å². The minimum atomic E-state index is -0.312. The van der Waals surface area contributed by atoms with Crippen LogP contribution < -0.4 is 10.9 Å². The number of aromatic nitrogens is 2. The Kier molecular flexibility index (Phi) is 5.30. The second-order valence-electron chi connectivity index (χ2n) is 5.36. The number of carbonyl (C=O) groups is 1. The zero-order chi connectivity index (χ0) is 17.6. The van der Waals surface area contributed by atoms with Crippen molar-refractivity contribution in [2.24, 2.45) is 0 Å². The van der Waals surface area contributed by atoms with Crippen molar-refractivity contribution in [3.63, 3.8) is 0 Å². The van der Waals surface area contributed by atoms with Gasteiger partial charge in [0.05, 0.1) is 5.69 Å². The second-order valence-corrected chi connectivity index (χ2v) is 6.24. The van der Waals surface area contributed by atoms with Crippen molar-refractivity contribution >= 4 is 23.4 Å². The van der Waals surface area contributed by atoms with Crippen molar-refractivity contribution in [3.8, 4) is 11.3 Å². The normalized spacial score (nSPS) is 10.4. The van der Waals surface area contributed by atoms with Crippen molar-refractivity contribution in [3.05, 3.63) is 77.1 Å². The van der Waals surface area contributed by atoms with Crippen LogP contribution in [0.2, 0.25) is 0 Å². The van der Waals surface area contributed by atoms with E-state index in [1.54, 1.807) is 17.8 Å². The molecule has 5 nitrogen and oxygen atoms in total. The monoisotopic (exact) mass is 351 g/mol. The van der Waals surface area contributed by atoms with Crippen LogP contribution in [0, 0.1) is 0 Å². The molecule has 0 unspecified atom stereocenters. The number of amides is 1. The van der Waals surface area contributed by atoms with E-state index in [0.717, 1.165) is 10.5 Å². The van der Waals surface area contributed by atoms with Crippen LogP contribution in [0.4, 0.5) is 5.69 Å². The fraction of sp³-hybridized carbons (Fsp3) is 0.105. The van der Waals surface area contributed by atoms with Crippen LogP contribution >= 0.6 is 11.8 Å². The van der Waals surface area contributed by atoms with Crippen molar-refractivity contribution in [2.45, 2.75) is 11.4 Å². The minimum Gasteiger partial charge on any atom is -0.324 e. The lowest BCUT2D eigenvalue weighted by atomic mass is 10.1. The fourth-order valence-electron chi connectivity index (χ4n) is 2.36. The molecule has 0 aliphatic rings. The van der Waals surface area contributed by atoms with E-state index in [4.69, 9.17) is 0 Å². The molecule has 3 aromatic rings. The lowest BCUT2D eigenvalue weighted by molar-refractivity contribution is -0.117. The Balaban J connectivity index is 1.78. The van der Waals surface area contributed by atoms with Crippen LogP contribution in [0.3, 0.4) is 0 Å². The van der Waals surface area contributed by atoms with Crippen LogP contribution in [-0.4, -0.2) is 21.9 Å². The second kappa shape index (κ2) is 7.81. The van der Waals surface area contributed by atoms with Crippen molar-refractivity contribution in [2.75, 3.05) is 11.6 Å². The summed E-state index contributed by atoms with van der Waals surface area (Å²) in [5.41, 5.74) is 1.93. The topological polar surface area (TPSA) is 64.0 Å². The third kappa shape index (κ3) is 4.36. The molecular weight excluding hydrogens is 334 g/mol. The van der Waals surface area contributed by atoms with Crippen LogP contribution in [0.25, 0.3) is 11.3 Å². The first-order valence-electron chi connectivity index (χ1n) is 7.73. The molecule has 1 heterocycles. The largest absolute Gasteiger partial charge is 0.324 e. The van der Waals surface area contributed by atoms with Gasteiger partial charge in [-0.05, 0) is 30.5 Å². The molecule has 25 heavy (non-hydrogen) atoms. The predicted molar refractivity (Wildman–Crippen MR) is 101 cm³/mol. The molecule has 1 N–H and O–H groups in total. The zero-order valence-electron chi connectivity index (χ0n) is 13.7. The van der Waals surface area contributed by atoms with E-state index in [-0.39, 0.29) is 18.0 Å². The van der Waals surface area contributed by atoms with Gasteiger partial charge in [0.1, 0.15) is 6.54 Å². The molecule has 0 saturated carbocycles. The van der Waals surface area contributed by atoms with Gasteiger partial charge in [-0.2, -0.15) is 5.10 Å². The van der Waals surface area contributed by atoms with Crippen LogP contribution in [0.15, 0.2) is 76.4 Å². The first kappa shape index (κ1) is 17.0. The highest BCUT2D eigenvalue weighted by Gasteiger charge is 2.08. The molecule has 0 saturated heterocycles. The van der Waals surface area contributed by atoms with Gasteiger partial charge >= 0.3 is 0 Å². The Bertz CT molecular complexity index is 939. The third-order valence-corrected chi connectivity index (χ3v) is 4.31. The highest BCUT2D eigenvalue weighted by molar-refractivity contribution is 7.98. The summed E-state index contributed by atoms with van der Waals surface area (Å²) in [6, 6.07) is 20.2. The summed E-state index contributed by atoms with van der Waals surface area (Å²) in [5.74, 6) is -0.293. The Hall–Kier alpha value is -2.86. The van der Waals surface area contributed by atoms with Gasteiger partial charge in [0.2, 0.25) is 5.91 Å². The maximum Gasteiger partial charge on any atom is 0.267 e. The minimum absolute atomic E-state index is 0.136. The van der Waals surface area contributed by atoms with Crippen LogP contribution in [0.5, 0.6) is 0 Å². The number of rotatable bonds is 5. The van der Waals surface area contributed by atoms with Gasteiger partial charge < -0.3 is 5.32 Å². The fourth-order valence-corrected chi connectivity index (χ4v) is 2.82. The maximum atomic E-state index is 12.3. The van der Waals surface area contributed by atoms with Gasteiger partial charge in [0, 0.05) is 22.2 Å². The molecule has 0 fully saturated rings. The lowest BCUT2D eigenvalue weighted by Gasteiger charge is -2.09. The molecule has 0 radical (unpaired) electrons. The van der Waals surface area contributed by atoms with Gasteiger partial charge in [-0.3, -0.25) is 9.59 Å². The van der Waals surface area contributed by atoms with Gasteiger partial charge in [-0.25, -0.2) is 4.68 Å². The van der Waals surface area contributed by atoms with Gasteiger partial charge in [0.15, 0.2) is 0 Å². The van der Waals surface area contributed by atoms with Gasteiger partial charge in [0.25, 0.3) is 5.56 Å². The number of thioether (sulfide) groups is 1. The molecule has 0 atom stereocenters. The zero-order valence-corrected chi connectivity index (χ0v) is 14.5. The van der Waals surface area contributed by atoms with Crippen molar-refractivity contribution in [1.82, 2.24) is 9.78 Å². The quantitative estimate of drug-likeness (QED) is 0.717. The van der Waals surface area contributed by atoms with E-state index < -0.39 is 0 Å². The van der Waals surface area contributed by atoms with Gasteiger partial charge in [-0.15, -0.1) is 11.8 Å². The van der Waals surface area contributed by atoms with Crippen LogP contribution in [0.1, 0.15) is 0 Å². The summed E-state index contributed by atoms with van der Waals surface area (Å²) >= 11 is 1.60. The SMILES string of the molecule is CSc1cccc(NC(=O)Cn2nc(-c3ccccc3)ccc2=O)c1. The molecule has 1 aromatic heterocycles. The van der Waals surface area contributed by atoms with E-state index in [2.05, 4.69) is 10.4 Å². The Labute approximate surface area is 149 Å². The van der Waals surface area contributed by atoms with Crippen LogP contribution in [-0.2, 0) is 11.3 Å². The molecule has 6 heteroatoms. The summed E-state index contributed by atoms with van der Waals surface area (Å²) < 4.78 is 1.18. The average Bonchev–Trinajstić information content (AvgIpc) is 2.64. The summed E-state index contributed by atoms with van der Waals surface area (Å²) in [6.07, 6.45) is 1.97. The molecule has 0 bridgehead atoms. The van der Waals surface area contributed by atoms with E-state index in [9.17, 15) is 9.59 Å². The Morgan fingerprint density at radius 3 is 2.64 bits per heavy atom. The maximum absolute atomic E-state index is 12.3. The number of hydrogen-bond donors (Lipinski definition) is 1. The molecule has 0 aliphatic carbocycles. The molecule has 0 spiro atoms. The number of benzene rings is 2. The molecular formula is C19H17N3O2S. The van der Waals surface area contributed by atoms with E-state index in [1.165, 1.54) is 10.7 Å². The van der Waals surface area contributed by atoms with Gasteiger partial charge in [-0.1, -0.05) is 36.4 Å². The summed E-state index contributed by atoms with van der Waals surface area (Å²) in [7, 11) is 0. The number of hydrogen-bond acceptors (Lipinski definition) is 4. The Morgan fingerprint density at radius 2 is 1.88 bits per heavy atom. The molecule has 2 aromatic carbocycles. The highest BCUT2D eigenvalue weighted by atomic mass is 32.2. The Morgan fingerprint density at radius 1 is 1.08 bits per heavy atom. The highest BCUT2D eigenvalue weighted by Crippen LogP contribution is 2.19. The summed E-state index contributed by atoms with van der Waals surface area (Å²) in [4.78, 5) is 25.3. The molecule has 0 aliphatic heterocycles. The summed E-state index contributed by atoms with van der Waals surface area (Å²) in [6.45, 7) is -0.136. The first-order valence-corrected chi connectivity index (χ1v) is 8.96. The average molecular weight is 351 g/mol. The molecule has 1 amide bonds. The molecule has 3 rings (SSSR count). The lowest BCUT2D eigenvalue weighted by Crippen LogP contribution is -2.29. The van der Waals surface area contributed by atoms with Crippen molar-refractivity contribution in [1.29, 1.82) is 0 Å². The van der Waals surface area contributed by atoms with Crippen molar-refractivity contribution < 1.29 is 4.79 Å². The standard InChI is InChI=1S/C19H17N3O2S/c1-25-16-9-5-8-15(12-16)20-18(23)13-22-19(24)11-10-17(21-22)14-6-3-2-4-7-14/h2-12H,13H2,1H3,(H,20,23). The number of nitrogens with one attached hydrogen (secondary N) is 1.